The van der Waals surface area contributed by atoms with E-state index in [1.54, 1.807) is 24.4 Å². The van der Waals surface area contributed by atoms with Crippen LogP contribution < -0.4 is 10.6 Å². The van der Waals surface area contributed by atoms with E-state index in [0.29, 0.717) is 18.3 Å². The van der Waals surface area contributed by atoms with E-state index in [9.17, 15) is 4.39 Å². The van der Waals surface area contributed by atoms with Crippen molar-refractivity contribution in [2.24, 2.45) is 0 Å². The SMILES string of the molecule is CCc1ccc(Nc2nccc(NCc3ccc(F)cc3)n2)cc1. The Kier molecular flexibility index (Phi) is 5.01. The van der Waals surface area contributed by atoms with E-state index in [2.05, 4.69) is 39.7 Å². The highest BCUT2D eigenvalue weighted by Gasteiger charge is 2.01. The van der Waals surface area contributed by atoms with Crippen molar-refractivity contribution in [2.75, 3.05) is 10.6 Å². The van der Waals surface area contributed by atoms with Gasteiger partial charge in [-0.3, -0.25) is 0 Å². The first-order valence-corrected chi connectivity index (χ1v) is 7.90. The molecule has 0 radical (unpaired) electrons. The van der Waals surface area contributed by atoms with Crippen molar-refractivity contribution in [2.45, 2.75) is 19.9 Å². The lowest BCUT2D eigenvalue weighted by molar-refractivity contribution is 0.627. The molecule has 0 saturated heterocycles. The Labute approximate surface area is 140 Å². The molecule has 0 spiro atoms. The second-order valence-corrected chi connectivity index (χ2v) is 5.42. The maximum absolute atomic E-state index is 12.9. The molecule has 2 aromatic carbocycles. The lowest BCUT2D eigenvalue weighted by Crippen LogP contribution is -2.04. The smallest absolute Gasteiger partial charge is 0.229 e. The quantitative estimate of drug-likeness (QED) is 0.700. The van der Waals surface area contributed by atoms with E-state index >= 15 is 0 Å². The van der Waals surface area contributed by atoms with Gasteiger partial charge in [-0.15, -0.1) is 0 Å². The number of hydrogen-bond acceptors (Lipinski definition) is 4. The molecule has 1 aromatic heterocycles. The van der Waals surface area contributed by atoms with Crippen LogP contribution in [0.15, 0.2) is 60.8 Å². The minimum atomic E-state index is -0.235. The number of aromatic nitrogens is 2. The van der Waals surface area contributed by atoms with Crippen molar-refractivity contribution in [3.05, 3.63) is 77.7 Å². The zero-order valence-electron chi connectivity index (χ0n) is 13.5. The van der Waals surface area contributed by atoms with Crippen molar-refractivity contribution in [3.8, 4) is 0 Å². The van der Waals surface area contributed by atoms with E-state index in [-0.39, 0.29) is 5.82 Å². The normalized spacial score (nSPS) is 10.4. The van der Waals surface area contributed by atoms with Gasteiger partial charge >= 0.3 is 0 Å². The van der Waals surface area contributed by atoms with Crippen molar-refractivity contribution >= 4 is 17.5 Å². The Balaban J connectivity index is 1.63. The molecule has 3 aromatic rings. The van der Waals surface area contributed by atoms with Gasteiger partial charge in [0.15, 0.2) is 0 Å². The van der Waals surface area contributed by atoms with Gasteiger partial charge in [-0.05, 0) is 47.9 Å². The zero-order valence-corrected chi connectivity index (χ0v) is 13.5. The molecule has 4 nitrogen and oxygen atoms in total. The van der Waals surface area contributed by atoms with Crippen molar-refractivity contribution in [3.63, 3.8) is 0 Å². The minimum absolute atomic E-state index is 0.235. The van der Waals surface area contributed by atoms with E-state index < -0.39 is 0 Å². The number of benzene rings is 2. The van der Waals surface area contributed by atoms with E-state index in [1.165, 1.54) is 17.7 Å². The van der Waals surface area contributed by atoms with Crippen LogP contribution in [0.2, 0.25) is 0 Å². The highest BCUT2D eigenvalue weighted by molar-refractivity contribution is 5.55. The second-order valence-electron chi connectivity index (χ2n) is 5.42. The van der Waals surface area contributed by atoms with Gasteiger partial charge in [-0.1, -0.05) is 31.2 Å². The van der Waals surface area contributed by atoms with Gasteiger partial charge in [0.1, 0.15) is 11.6 Å². The molecule has 0 atom stereocenters. The van der Waals surface area contributed by atoms with Crippen LogP contribution >= 0.6 is 0 Å². The van der Waals surface area contributed by atoms with Crippen molar-refractivity contribution in [1.29, 1.82) is 0 Å². The Morgan fingerprint density at radius 1 is 0.917 bits per heavy atom. The molecule has 3 rings (SSSR count). The van der Waals surface area contributed by atoms with Crippen LogP contribution in [0.4, 0.5) is 21.8 Å². The van der Waals surface area contributed by atoms with E-state index in [4.69, 9.17) is 0 Å². The fourth-order valence-electron chi connectivity index (χ4n) is 2.27. The Bertz CT molecular complexity index is 785. The monoisotopic (exact) mass is 322 g/mol. The molecule has 24 heavy (non-hydrogen) atoms. The number of nitrogens with one attached hydrogen (secondary N) is 2. The number of hydrogen-bond donors (Lipinski definition) is 2. The molecule has 0 saturated carbocycles. The summed E-state index contributed by atoms with van der Waals surface area (Å²) in [6.07, 6.45) is 2.71. The molecular weight excluding hydrogens is 303 g/mol. The van der Waals surface area contributed by atoms with Gasteiger partial charge in [0.25, 0.3) is 0 Å². The average Bonchev–Trinajstić information content (AvgIpc) is 2.62. The minimum Gasteiger partial charge on any atom is -0.366 e. The van der Waals surface area contributed by atoms with Gasteiger partial charge in [-0.25, -0.2) is 9.37 Å². The highest BCUT2D eigenvalue weighted by atomic mass is 19.1. The fourth-order valence-corrected chi connectivity index (χ4v) is 2.27. The molecule has 0 fully saturated rings. The van der Waals surface area contributed by atoms with Crippen molar-refractivity contribution < 1.29 is 4.39 Å². The Hall–Kier alpha value is -2.95. The number of rotatable bonds is 6. The summed E-state index contributed by atoms with van der Waals surface area (Å²) in [6.45, 7) is 2.70. The Morgan fingerprint density at radius 2 is 1.62 bits per heavy atom. The molecule has 0 aliphatic carbocycles. The molecule has 2 N–H and O–H groups in total. The largest absolute Gasteiger partial charge is 0.366 e. The molecule has 0 unspecified atom stereocenters. The fraction of sp³-hybridized carbons (Fsp3) is 0.158. The lowest BCUT2D eigenvalue weighted by atomic mass is 10.1. The van der Waals surface area contributed by atoms with E-state index in [1.807, 2.05) is 12.1 Å². The van der Waals surface area contributed by atoms with Gasteiger partial charge in [0.2, 0.25) is 5.95 Å². The summed E-state index contributed by atoms with van der Waals surface area (Å²) >= 11 is 0. The summed E-state index contributed by atoms with van der Waals surface area (Å²) in [4.78, 5) is 8.67. The van der Waals surface area contributed by atoms with Crippen LogP contribution in [-0.4, -0.2) is 9.97 Å². The summed E-state index contributed by atoms with van der Waals surface area (Å²) < 4.78 is 12.9. The highest BCUT2D eigenvalue weighted by Crippen LogP contribution is 2.16. The summed E-state index contributed by atoms with van der Waals surface area (Å²) in [6, 6.07) is 16.4. The van der Waals surface area contributed by atoms with Gasteiger partial charge in [-0.2, -0.15) is 4.98 Å². The summed E-state index contributed by atoms with van der Waals surface area (Å²) in [7, 11) is 0. The zero-order chi connectivity index (χ0) is 16.8. The number of halogens is 1. The van der Waals surface area contributed by atoms with Gasteiger partial charge in [0.05, 0.1) is 0 Å². The molecule has 0 aliphatic rings. The average molecular weight is 322 g/mol. The second kappa shape index (κ2) is 7.55. The van der Waals surface area contributed by atoms with Crippen LogP contribution in [0.25, 0.3) is 0 Å². The predicted molar refractivity (Wildman–Crippen MR) is 94.9 cm³/mol. The molecule has 0 amide bonds. The lowest BCUT2D eigenvalue weighted by Gasteiger charge is -2.09. The first kappa shape index (κ1) is 15.9. The number of anilines is 3. The first-order valence-electron chi connectivity index (χ1n) is 7.90. The van der Waals surface area contributed by atoms with E-state index in [0.717, 1.165) is 17.7 Å². The summed E-state index contributed by atoms with van der Waals surface area (Å²) in [5, 5.41) is 6.40. The maximum Gasteiger partial charge on any atom is 0.229 e. The number of aryl methyl sites for hydroxylation is 1. The Morgan fingerprint density at radius 3 is 2.33 bits per heavy atom. The van der Waals surface area contributed by atoms with Crippen LogP contribution in [0, 0.1) is 5.82 Å². The van der Waals surface area contributed by atoms with Crippen molar-refractivity contribution in [1.82, 2.24) is 9.97 Å². The topological polar surface area (TPSA) is 49.8 Å². The van der Waals surface area contributed by atoms with Crippen LogP contribution in [0.5, 0.6) is 0 Å². The number of nitrogens with zero attached hydrogens (tertiary/aromatic N) is 2. The third-order valence-electron chi connectivity index (χ3n) is 3.66. The molecule has 122 valence electrons. The maximum atomic E-state index is 12.9. The van der Waals surface area contributed by atoms with Crippen LogP contribution in [0.1, 0.15) is 18.1 Å². The van der Waals surface area contributed by atoms with Crippen LogP contribution in [0.3, 0.4) is 0 Å². The summed E-state index contributed by atoms with van der Waals surface area (Å²) in [5.74, 6) is 1.01. The first-order chi connectivity index (χ1) is 11.7. The molecule has 5 heteroatoms. The third-order valence-corrected chi connectivity index (χ3v) is 3.66. The predicted octanol–water partition coefficient (Wildman–Crippen LogP) is 4.53. The summed E-state index contributed by atoms with van der Waals surface area (Å²) in [5.41, 5.74) is 3.22. The standard InChI is InChI=1S/C19H19FN4/c1-2-14-5-9-17(10-6-14)23-19-21-12-11-18(24-19)22-13-15-3-7-16(20)8-4-15/h3-12H,2,13H2,1H3,(H2,21,22,23,24). The molecule has 0 bridgehead atoms. The molecule has 0 aliphatic heterocycles. The third kappa shape index (κ3) is 4.29. The van der Waals surface area contributed by atoms with Gasteiger partial charge in [0, 0.05) is 18.4 Å². The molecule has 1 heterocycles. The molecular formula is C19H19FN4. The van der Waals surface area contributed by atoms with Crippen LogP contribution in [-0.2, 0) is 13.0 Å². The van der Waals surface area contributed by atoms with Gasteiger partial charge < -0.3 is 10.6 Å².